The van der Waals surface area contributed by atoms with Gasteiger partial charge in [0.1, 0.15) is 5.60 Å². The van der Waals surface area contributed by atoms with Crippen molar-refractivity contribution in [1.82, 2.24) is 0 Å². The molecular formula is C14H26N2O4. The molecule has 0 amide bonds. The van der Waals surface area contributed by atoms with E-state index in [0.29, 0.717) is 12.8 Å². The second kappa shape index (κ2) is 6.54. The van der Waals surface area contributed by atoms with E-state index in [2.05, 4.69) is 0 Å². The molecule has 0 aromatic carbocycles. The normalized spacial score (nSPS) is 30.7. The van der Waals surface area contributed by atoms with E-state index < -0.39 is 35.4 Å². The summed E-state index contributed by atoms with van der Waals surface area (Å²) in [6, 6.07) is -0.897. The molecule has 6 heteroatoms. The topological polar surface area (TPSA) is 105 Å². The summed E-state index contributed by atoms with van der Waals surface area (Å²) < 4.78 is 10.4. The van der Waals surface area contributed by atoms with Gasteiger partial charge in [-0.3, -0.25) is 9.59 Å². The summed E-state index contributed by atoms with van der Waals surface area (Å²) >= 11 is 0. The fraction of sp³-hybridized carbons (Fsp3) is 0.857. The molecule has 1 unspecified atom stereocenters. The Hall–Kier alpha value is -1.14. The number of hydrogen-bond acceptors (Lipinski definition) is 6. The van der Waals surface area contributed by atoms with Gasteiger partial charge in [-0.05, 0) is 40.5 Å². The average molecular weight is 286 g/mol. The molecule has 1 aliphatic rings. The van der Waals surface area contributed by atoms with Crippen LogP contribution >= 0.6 is 0 Å². The summed E-state index contributed by atoms with van der Waals surface area (Å²) in [6.07, 6.45) is 1.10. The zero-order valence-electron chi connectivity index (χ0n) is 12.7. The SMILES string of the molecule is CCOC(=O)[C@@H]1CC[C@@H](N)[C@@H](N)C1C(=O)OC(C)(C)C. The molecule has 0 aromatic heterocycles. The van der Waals surface area contributed by atoms with E-state index in [1.54, 1.807) is 27.7 Å². The lowest BCUT2D eigenvalue weighted by Crippen LogP contribution is -2.57. The largest absolute Gasteiger partial charge is 0.466 e. The molecule has 1 saturated carbocycles. The van der Waals surface area contributed by atoms with Gasteiger partial charge in [0.05, 0.1) is 18.4 Å². The summed E-state index contributed by atoms with van der Waals surface area (Å²) in [6.45, 7) is 7.34. The van der Waals surface area contributed by atoms with Gasteiger partial charge in [-0.2, -0.15) is 0 Å². The molecule has 0 aromatic rings. The molecule has 1 aliphatic carbocycles. The van der Waals surface area contributed by atoms with Crippen LogP contribution in [0.1, 0.15) is 40.5 Å². The lowest BCUT2D eigenvalue weighted by molar-refractivity contribution is -0.171. The number of carbonyl (C=O) groups is 2. The molecule has 4 N–H and O–H groups in total. The highest BCUT2D eigenvalue weighted by molar-refractivity contribution is 5.83. The van der Waals surface area contributed by atoms with Crippen LogP contribution in [0.3, 0.4) is 0 Å². The fourth-order valence-corrected chi connectivity index (χ4v) is 2.48. The molecule has 20 heavy (non-hydrogen) atoms. The number of hydrogen-bond donors (Lipinski definition) is 2. The van der Waals surface area contributed by atoms with E-state index in [-0.39, 0.29) is 12.6 Å². The highest BCUT2D eigenvalue weighted by atomic mass is 16.6. The molecule has 6 nitrogen and oxygen atoms in total. The molecule has 0 aliphatic heterocycles. The van der Waals surface area contributed by atoms with Crippen molar-refractivity contribution >= 4 is 11.9 Å². The number of esters is 2. The standard InChI is InChI=1S/C14H26N2O4/c1-5-19-12(17)8-6-7-9(15)11(16)10(8)13(18)20-14(2,3)4/h8-11H,5-7,15-16H2,1-4H3/t8-,9-,10?,11-/m1/s1. The zero-order chi connectivity index (χ0) is 15.5. The van der Waals surface area contributed by atoms with Crippen LogP contribution in [0.4, 0.5) is 0 Å². The Bertz CT molecular complexity index is 365. The van der Waals surface area contributed by atoms with Crippen molar-refractivity contribution in [1.29, 1.82) is 0 Å². The maximum atomic E-state index is 12.3. The summed E-state index contributed by atoms with van der Waals surface area (Å²) in [4.78, 5) is 24.3. The first-order valence-corrected chi connectivity index (χ1v) is 7.08. The van der Waals surface area contributed by atoms with Crippen LogP contribution < -0.4 is 11.5 Å². The van der Waals surface area contributed by atoms with Crippen LogP contribution in [0.15, 0.2) is 0 Å². The van der Waals surface area contributed by atoms with Crippen molar-refractivity contribution in [3.05, 3.63) is 0 Å². The van der Waals surface area contributed by atoms with Gasteiger partial charge in [0.25, 0.3) is 0 Å². The van der Waals surface area contributed by atoms with Crippen molar-refractivity contribution in [3.8, 4) is 0 Å². The van der Waals surface area contributed by atoms with Gasteiger partial charge in [-0.25, -0.2) is 0 Å². The summed E-state index contributed by atoms with van der Waals surface area (Å²) in [5.41, 5.74) is 11.3. The van der Waals surface area contributed by atoms with Gasteiger partial charge in [0.15, 0.2) is 0 Å². The minimum absolute atomic E-state index is 0.275. The van der Waals surface area contributed by atoms with Gasteiger partial charge >= 0.3 is 11.9 Å². The van der Waals surface area contributed by atoms with E-state index in [1.165, 1.54) is 0 Å². The highest BCUT2D eigenvalue weighted by Gasteiger charge is 2.46. The molecule has 0 spiro atoms. The van der Waals surface area contributed by atoms with Gasteiger partial charge < -0.3 is 20.9 Å². The third-order valence-corrected chi connectivity index (χ3v) is 3.42. The Morgan fingerprint density at radius 3 is 2.25 bits per heavy atom. The Morgan fingerprint density at radius 2 is 1.75 bits per heavy atom. The second-order valence-corrected chi connectivity index (χ2v) is 6.24. The molecule has 0 radical (unpaired) electrons. The third-order valence-electron chi connectivity index (χ3n) is 3.42. The first kappa shape index (κ1) is 16.9. The third kappa shape index (κ3) is 4.18. The number of ether oxygens (including phenoxy) is 2. The lowest BCUT2D eigenvalue weighted by atomic mass is 9.73. The Balaban J connectivity index is 2.92. The minimum atomic E-state index is -0.739. The van der Waals surface area contributed by atoms with E-state index in [9.17, 15) is 9.59 Å². The van der Waals surface area contributed by atoms with Crippen LogP contribution in [-0.4, -0.2) is 36.2 Å². The Kier molecular flexibility index (Phi) is 5.53. The monoisotopic (exact) mass is 286 g/mol. The van der Waals surface area contributed by atoms with E-state index in [0.717, 1.165) is 0 Å². The molecular weight excluding hydrogens is 260 g/mol. The predicted octanol–water partition coefficient (Wildman–Crippen LogP) is 0.572. The van der Waals surface area contributed by atoms with Gasteiger partial charge in [-0.15, -0.1) is 0 Å². The number of nitrogens with two attached hydrogens (primary N) is 2. The summed E-state index contributed by atoms with van der Waals surface area (Å²) in [5.74, 6) is -2.18. The zero-order valence-corrected chi connectivity index (χ0v) is 12.7. The van der Waals surface area contributed by atoms with Crippen molar-refractivity contribution in [3.63, 3.8) is 0 Å². The first-order chi connectivity index (χ1) is 9.17. The smallest absolute Gasteiger partial charge is 0.311 e. The maximum absolute atomic E-state index is 12.3. The number of rotatable bonds is 3. The van der Waals surface area contributed by atoms with Gasteiger partial charge in [0.2, 0.25) is 0 Å². The van der Waals surface area contributed by atoms with Crippen LogP contribution in [0, 0.1) is 11.8 Å². The highest BCUT2D eigenvalue weighted by Crippen LogP contribution is 2.32. The van der Waals surface area contributed by atoms with Crippen LogP contribution in [0.2, 0.25) is 0 Å². The molecule has 0 heterocycles. The van der Waals surface area contributed by atoms with Gasteiger partial charge in [-0.1, -0.05) is 0 Å². The van der Waals surface area contributed by atoms with Crippen molar-refractivity contribution in [2.45, 2.75) is 58.2 Å². The summed E-state index contributed by atoms with van der Waals surface area (Å²) in [5, 5.41) is 0. The molecule has 4 atom stereocenters. The molecule has 0 bridgehead atoms. The fourth-order valence-electron chi connectivity index (χ4n) is 2.48. The summed E-state index contributed by atoms with van der Waals surface area (Å²) in [7, 11) is 0. The van der Waals surface area contributed by atoms with Crippen LogP contribution in [0.25, 0.3) is 0 Å². The first-order valence-electron chi connectivity index (χ1n) is 7.08. The lowest BCUT2D eigenvalue weighted by Gasteiger charge is -2.38. The quantitative estimate of drug-likeness (QED) is 0.735. The van der Waals surface area contributed by atoms with Crippen LogP contribution in [0.5, 0.6) is 0 Å². The van der Waals surface area contributed by atoms with Crippen molar-refractivity contribution in [2.75, 3.05) is 6.61 Å². The molecule has 116 valence electrons. The van der Waals surface area contributed by atoms with E-state index in [1.807, 2.05) is 0 Å². The average Bonchev–Trinajstić information content (AvgIpc) is 2.30. The predicted molar refractivity (Wildman–Crippen MR) is 74.6 cm³/mol. The van der Waals surface area contributed by atoms with Crippen molar-refractivity contribution < 1.29 is 19.1 Å². The van der Waals surface area contributed by atoms with E-state index in [4.69, 9.17) is 20.9 Å². The Labute approximate surface area is 120 Å². The van der Waals surface area contributed by atoms with Crippen LogP contribution in [-0.2, 0) is 19.1 Å². The molecule has 0 saturated heterocycles. The maximum Gasteiger partial charge on any atom is 0.311 e. The Morgan fingerprint density at radius 1 is 1.15 bits per heavy atom. The van der Waals surface area contributed by atoms with Gasteiger partial charge in [0, 0.05) is 12.1 Å². The molecule has 1 rings (SSSR count). The second-order valence-electron chi connectivity index (χ2n) is 6.24. The van der Waals surface area contributed by atoms with Crippen molar-refractivity contribution in [2.24, 2.45) is 23.3 Å². The molecule has 1 fully saturated rings. The van der Waals surface area contributed by atoms with E-state index >= 15 is 0 Å². The minimum Gasteiger partial charge on any atom is -0.466 e. The number of carbonyl (C=O) groups excluding carboxylic acids is 2.